The number of nitrogens with one attached hydrogen (secondary N) is 1. The van der Waals surface area contributed by atoms with Crippen LogP contribution in [0.3, 0.4) is 0 Å². The monoisotopic (exact) mass is 265 g/mol. The van der Waals surface area contributed by atoms with Gasteiger partial charge in [0.25, 0.3) is 0 Å². The summed E-state index contributed by atoms with van der Waals surface area (Å²) >= 11 is 2.00. The first-order valence-corrected chi connectivity index (χ1v) is 9.25. The molecule has 0 unspecified atom stereocenters. The molecule has 1 aliphatic carbocycles. The molecule has 1 fully saturated rings. The fourth-order valence-electron chi connectivity index (χ4n) is 1.95. The maximum Gasteiger partial charge on any atom is 0.148 e. The number of thioether (sulfide) groups is 1. The topological polar surface area (TPSA) is 46.2 Å². The average Bonchev–Trinajstić information content (AvgIpc) is 2.67. The predicted molar refractivity (Wildman–Crippen MR) is 71.9 cm³/mol. The van der Waals surface area contributed by atoms with Crippen molar-refractivity contribution >= 4 is 21.6 Å². The normalized spacial score (nSPS) is 18.1. The van der Waals surface area contributed by atoms with Crippen molar-refractivity contribution in [1.29, 1.82) is 0 Å². The van der Waals surface area contributed by atoms with Crippen molar-refractivity contribution in [3.05, 3.63) is 0 Å². The van der Waals surface area contributed by atoms with Gasteiger partial charge in [0.05, 0.1) is 5.75 Å². The van der Waals surface area contributed by atoms with Gasteiger partial charge in [-0.05, 0) is 24.5 Å². The van der Waals surface area contributed by atoms with Gasteiger partial charge < -0.3 is 5.32 Å². The van der Waals surface area contributed by atoms with Crippen LogP contribution in [0.25, 0.3) is 0 Å². The van der Waals surface area contributed by atoms with E-state index in [2.05, 4.69) is 5.32 Å². The standard InChI is InChI=1S/C11H23NO2S2/c1-16(13,14)9-7-12-6-8-15-10-11-4-2-3-5-11/h11-12H,2-10H2,1H3. The van der Waals surface area contributed by atoms with E-state index in [-0.39, 0.29) is 5.75 Å². The number of rotatable bonds is 8. The highest BCUT2D eigenvalue weighted by Crippen LogP contribution is 2.27. The number of hydrogen-bond donors (Lipinski definition) is 1. The zero-order valence-electron chi connectivity index (χ0n) is 10.1. The minimum Gasteiger partial charge on any atom is -0.315 e. The molecule has 0 aromatic carbocycles. The van der Waals surface area contributed by atoms with Gasteiger partial charge in [-0.3, -0.25) is 0 Å². The highest BCUT2D eigenvalue weighted by atomic mass is 32.2. The van der Waals surface area contributed by atoms with E-state index in [1.165, 1.54) is 37.7 Å². The molecule has 0 heterocycles. The lowest BCUT2D eigenvalue weighted by molar-refractivity contribution is 0.598. The molecule has 0 aromatic rings. The summed E-state index contributed by atoms with van der Waals surface area (Å²) in [5, 5.41) is 3.17. The first kappa shape index (κ1) is 14.3. The Kier molecular flexibility index (Phi) is 6.77. The molecule has 0 spiro atoms. The Labute approximate surface area is 104 Å². The van der Waals surface area contributed by atoms with E-state index in [0.717, 1.165) is 18.2 Å². The Morgan fingerprint density at radius 2 is 1.94 bits per heavy atom. The smallest absolute Gasteiger partial charge is 0.148 e. The third kappa shape index (κ3) is 7.52. The van der Waals surface area contributed by atoms with E-state index >= 15 is 0 Å². The van der Waals surface area contributed by atoms with Crippen LogP contribution in [-0.4, -0.2) is 45.0 Å². The summed E-state index contributed by atoms with van der Waals surface area (Å²) in [5.41, 5.74) is 0. The fourth-order valence-corrected chi connectivity index (χ4v) is 3.59. The minimum absolute atomic E-state index is 0.250. The van der Waals surface area contributed by atoms with Gasteiger partial charge in [-0.1, -0.05) is 12.8 Å². The van der Waals surface area contributed by atoms with Gasteiger partial charge in [0.15, 0.2) is 0 Å². The van der Waals surface area contributed by atoms with E-state index in [4.69, 9.17) is 0 Å². The van der Waals surface area contributed by atoms with E-state index in [1.807, 2.05) is 11.8 Å². The lowest BCUT2D eigenvalue weighted by atomic mass is 10.1. The maximum atomic E-state index is 10.8. The Morgan fingerprint density at radius 3 is 2.56 bits per heavy atom. The zero-order chi connectivity index (χ0) is 11.9. The second-order valence-corrected chi connectivity index (χ2v) is 8.01. The molecule has 1 N–H and O–H groups in total. The van der Waals surface area contributed by atoms with Crippen LogP contribution in [-0.2, 0) is 9.84 Å². The molecule has 1 saturated carbocycles. The van der Waals surface area contributed by atoms with Crippen molar-refractivity contribution in [2.24, 2.45) is 5.92 Å². The quantitative estimate of drug-likeness (QED) is 0.676. The Balaban J connectivity index is 1.84. The van der Waals surface area contributed by atoms with Gasteiger partial charge in [0.1, 0.15) is 9.84 Å². The van der Waals surface area contributed by atoms with Crippen LogP contribution >= 0.6 is 11.8 Å². The molecule has 0 amide bonds. The van der Waals surface area contributed by atoms with Gasteiger partial charge in [-0.15, -0.1) is 0 Å². The van der Waals surface area contributed by atoms with Crippen molar-refractivity contribution in [2.45, 2.75) is 25.7 Å². The van der Waals surface area contributed by atoms with Crippen molar-refractivity contribution < 1.29 is 8.42 Å². The summed E-state index contributed by atoms with van der Waals surface area (Å²) in [5.74, 6) is 3.58. The molecule has 0 bridgehead atoms. The second-order valence-electron chi connectivity index (χ2n) is 4.61. The first-order valence-electron chi connectivity index (χ1n) is 6.04. The zero-order valence-corrected chi connectivity index (χ0v) is 11.7. The number of hydrogen-bond acceptors (Lipinski definition) is 4. The molecule has 0 aromatic heterocycles. The van der Waals surface area contributed by atoms with E-state index in [9.17, 15) is 8.42 Å². The Hall–Kier alpha value is 0.260. The van der Waals surface area contributed by atoms with Gasteiger partial charge in [0.2, 0.25) is 0 Å². The predicted octanol–water partition coefficient (Wildman–Crippen LogP) is 1.54. The van der Waals surface area contributed by atoms with Gasteiger partial charge >= 0.3 is 0 Å². The molecule has 1 aliphatic rings. The average molecular weight is 265 g/mol. The first-order chi connectivity index (χ1) is 7.58. The van der Waals surface area contributed by atoms with Crippen LogP contribution in [0, 0.1) is 5.92 Å². The summed E-state index contributed by atoms with van der Waals surface area (Å²) in [4.78, 5) is 0. The lowest BCUT2D eigenvalue weighted by Crippen LogP contribution is -2.24. The molecule has 0 radical (unpaired) electrons. The summed E-state index contributed by atoms with van der Waals surface area (Å²) in [6, 6.07) is 0. The SMILES string of the molecule is CS(=O)(=O)CCNCCSCC1CCCC1. The van der Waals surface area contributed by atoms with E-state index in [0.29, 0.717) is 6.54 Å². The molecule has 96 valence electrons. The third-order valence-corrected chi connectivity index (χ3v) is 5.05. The molecule has 0 aliphatic heterocycles. The van der Waals surface area contributed by atoms with Crippen molar-refractivity contribution in [1.82, 2.24) is 5.32 Å². The molecule has 16 heavy (non-hydrogen) atoms. The van der Waals surface area contributed by atoms with E-state index in [1.54, 1.807) is 0 Å². The van der Waals surface area contributed by atoms with Crippen LogP contribution in [0.5, 0.6) is 0 Å². The molecule has 3 nitrogen and oxygen atoms in total. The van der Waals surface area contributed by atoms with Crippen LogP contribution in [0.4, 0.5) is 0 Å². The van der Waals surface area contributed by atoms with Crippen LogP contribution in [0.1, 0.15) is 25.7 Å². The molecular weight excluding hydrogens is 242 g/mol. The van der Waals surface area contributed by atoms with E-state index < -0.39 is 9.84 Å². The van der Waals surface area contributed by atoms with Gasteiger partial charge in [0, 0.05) is 25.1 Å². The summed E-state index contributed by atoms with van der Waals surface area (Å²) in [6.07, 6.45) is 6.93. The third-order valence-electron chi connectivity index (χ3n) is 2.90. The second kappa shape index (κ2) is 7.56. The summed E-state index contributed by atoms with van der Waals surface area (Å²) < 4.78 is 21.7. The summed E-state index contributed by atoms with van der Waals surface area (Å²) in [7, 11) is -2.80. The minimum atomic E-state index is -2.80. The van der Waals surface area contributed by atoms with Crippen molar-refractivity contribution in [3.63, 3.8) is 0 Å². The van der Waals surface area contributed by atoms with Gasteiger partial charge in [-0.25, -0.2) is 8.42 Å². The van der Waals surface area contributed by atoms with Crippen LogP contribution in [0.2, 0.25) is 0 Å². The molecule has 0 saturated heterocycles. The highest BCUT2D eigenvalue weighted by Gasteiger charge is 2.14. The Bertz CT molecular complexity index is 272. The van der Waals surface area contributed by atoms with Crippen LogP contribution < -0.4 is 5.32 Å². The maximum absolute atomic E-state index is 10.8. The molecular formula is C11H23NO2S2. The van der Waals surface area contributed by atoms with Gasteiger partial charge in [-0.2, -0.15) is 11.8 Å². The Morgan fingerprint density at radius 1 is 1.25 bits per heavy atom. The van der Waals surface area contributed by atoms with Crippen molar-refractivity contribution in [3.8, 4) is 0 Å². The van der Waals surface area contributed by atoms with Crippen LogP contribution in [0.15, 0.2) is 0 Å². The number of sulfone groups is 1. The molecule has 1 rings (SSSR count). The summed E-state index contributed by atoms with van der Waals surface area (Å²) in [6.45, 7) is 1.51. The van der Waals surface area contributed by atoms with Crippen molar-refractivity contribution in [2.75, 3.05) is 36.6 Å². The molecule has 5 heteroatoms. The fraction of sp³-hybridized carbons (Fsp3) is 1.00. The largest absolute Gasteiger partial charge is 0.315 e. The highest BCUT2D eigenvalue weighted by molar-refractivity contribution is 7.99. The lowest BCUT2D eigenvalue weighted by Gasteiger charge is -2.08. The molecule has 0 atom stereocenters.